The molecule has 0 saturated carbocycles. The molecule has 0 fully saturated rings. The van der Waals surface area contributed by atoms with Crippen molar-refractivity contribution in [1.29, 1.82) is 0 Å². The predicted octanol–water partition coefficient (Wildman–Crippen LogP) is 2.45. The number of hydrogen-bond donors (Lipinski definition) is 3. The van der Waals surface area contributed by atoms with Gasteiger partial charge in [-0.3, -0.25) is 9.59 Å². The first-order valence-electron chi connectivity index (χ1n) is 8.24. The lowest BCUT2D eigenvalue weighted by Crippen LogP contribution is -2.31. The number of methoxy groups -OCH3 is 2. The zero-order chi connectivity index (χ0) is 19.0. The number of nitrogens with one attached hydrogen (secondary N) is 3. The quantitative estimate of drug-likeness (QED) is 0.596. The van der Waals surface area contributed by atoms with E-state index in [9.17, 15) is 9.59 Å². The molecule has 0 aliphatic rings. The molecule has 0 aliphatic heterocycles. The first-order valence-corrected chi connectivity index (χ1v) is 8.24. The molecule has 0 unspecified atom stereocenters. The Bertz CT molecular complexity index is 615. The number of carbonyl (C=O) groups is 2. The van der Waals surface area contributed by atoms with Gasteiger partial charge in [-0.1, -0.05) is 20.8 Å². The molecular weight excluding hydrogens is 358 g/mol. The Morgan fingerprint density at radius 2 is 1.62 bits per heavy atom. The van der Waals surface area contributed by atoms with E-state index in [1.165, 1.54) is 14.2 Å². The van der Waals surface area contributed by atoms with Crippen molar-refractivity contribution >= 4 is 29.9 Å². The standard InChI is InChI=1S/C18H29N3O4.ClH/c1-18(2,3)17(23)21-13-11-15(25-6)14(24-5)10-12(13)16(22)20-9-7-8-19-4;/h10-11,19H,7-9H2,1-6H3,(H,20,22)(H,21,23);1H. The summed E-state index contributed by atoms with van der Waals surface area (Å²) in [7, 11) is 4.86. The van der Waals surface area contributed by atoms with Gasteiger partial charge in [-0.05, 0) is 26.1 Å². The van der Waals surface area contributed by atoms with E-state index in [1.807, 2.05) is 7.05 Å². The van der Waals surface area contributed by atoms with Gasteiger partial charge in [-0.25, -0.2) is 0 Å². The van der Waals surface area contributed by atoms with Crippen LogP contribution in [0.25, 0.3) is 0 Å². The van der Waals surface area contributed by atoms with Crippen molar-refractivity contribution in [2.45, 2.75) is 27.2 Å². The molecular formula is C18H30ClN3O4. The van der Waals surface area contributed by atoms with Gasteiger partial charge in [0.25, 0.3) is 5.91 Å². The molecule has 0 saturated heterocycles. The molecule has 0 bridgehead atoms. The van der Waals surface area contributed by atoms with Crippen LogP contribution in [-0.4, -0.2) is 46.2 Å². The second-order valence-corrected chi connectivity index (χ2v) is 6.67. The minimum Gasteiger partial charge on any atom is -0.493 e. The van der Waals surface area contributed by atoms with E-state index in [1.54, 1.807) is 32.9 Å². The van der Waals surface area contributed by atoms with Gasteiger partial charge in [0.2, 0.25) is 5.91 Å². The summed E-state index contributed by atoms with van der Waals surface area (Å²) in [6, 6.07) is 3.18. The highest BCUT2D eigenvalue weighted by Crippen LogP contribution is 2.34. The first-order chi connectivity index (χ1) is 11.7. The summed E-state index contributed by atoms with van der Waals surface area (Å²) in [6.45, 7) is 6.75. The Hall–Kier alpha value is -1.99. The molecule has 3 N–H and O–H groups in total. The van der Waals surface area contributed by atoms with Crippen LogP contribution in [0.5, 0.6) is 11.5 Å². The SMILES string of the molecule is CNCCCNC(=O)c1cc(OC)c(OC)cc1NC(=O)C(C)(C)C.Cl. The summed E-state index contributed by atoms with van der Waals surface area (Å²) in [4.78, 5) is 24.9. The monoisotopic (exact) mass is 387 g/mol. The van der Waals surface area contributed by atoms with Gasteiger partial charge >= 0.3 is 0 Å². The normalized spacial score (nSPS) is 10.5. The average molecular weight is 388 g/mol. The molecule has 0 aliphatic carbocycles. The van der Waals surface area contributed by atoms with E-state index < -0.39 is 5.41 Å². The second kappa shape index (κ2) is 10.9. The summed E-state index contributed by atoms with van der Waals surface area (Å²) in [5, 5.41) is 8.68. The zero-order valence-corrected chi connectivity index (χ0v) is 17.1. The molecule has 1 rings (SSSR count). The van der Waals surface area contributed by atoms with E-state index in [-0.39, 0.29) is 24.2 Å². The van der Waals surface area contributed by atoms with Crippen LogP contribution < -0.4 is 25.4 Å². The van der Waals surface area contributed by atoms with Crippen molar-refractivity contribution < 1.29 is 19.1 Å². The van der Waals surface area contributed by atoms with Crippen molar-refractivity contribution in [2.24, 2.45) is 5.41 Å². The topological polar surface area (TPSA) is 88.7 Å². The number of hydrogen-bond acceptors (Lipinski definition) is 5. The Kier molecular flexibility index (Phi) is 10.0. The molecule has 0 spiro atoms. The molecule has 1 aromatic carbocycles. The third kappa shape index (κ3) is 6.72. The molecule has 1 aromatic rings. The minimum atomic E-state index is -0.590. The third-order valence-corrected chi connectivity index (χ3v) is 3.59. The molecule has 8 heteroatoms. The zero-order valence-electron chi connectivity index (χ0n) is 16.3. The van der Waals surface area contributed by atoms with Crippen molar-refractivity contribution in [1.82, 2.24) is 10.6 Å². The average Bonchev–Trinajstić information content (AvgIpc) is 2.57. The van der Waals surface area contributed by atoms with Crippen molar-refractivity contribution in [3.63, 3.8) is 0 Å². The van der Waals surface area contributed by atoms with E-state index >= 15 is 0 Å². The van der Waals surface area contributed by atoms with Crippen LogP contribution in [0.4, 0.5) is 5.69 Å². The van der Waals surface area contributed by atoms with Gasteiger partial charge in [0.15, 0.2) is 11.5 Å². The number of amides is 2. The predicted molar refractivity (Wildman–Crippen MR) is 106 cm³/mol. The Labute approximate surface area is 161 Å². The maximum Gasteiger partial charge on any atom is 0.253 e. The molecule has 0 radical (unpaired) electrons. The van der Waals surface area contributed by atoms with Gasteiger partial charge in [-0.15, -0.1) is 12.4 Å². The lowest BCUT2D eigenvalue weighted by molar-refractivity contribution is -0.123. The van der Waals surface area contributed by atoms with Crippen molar-refractivity contribution in [2.75, 3.05) is 39.7 Å². The van der Waals surface area contributed by atoms with Gasteiger partial charge in [-0.2, -0.15) is 0 Å². The lowest BCUT2D eigenvalue weighted by Gasteiger charge is -2.20. The fourth-order valence-corrected chi connectivity index (χ4v) is 2.04. The highest BCUT2D eigenvalue weighted by atomic mass is 35.5. The largest absolute Gasteiger partial charge is 0.493 e. The van der Waals surface area contributed by atoms with Crippen LogP contribution in [-0.2, 0) is 4.79 Å². The van der Waals surface area contributed by atoms with Crippen LogP contribution in [0.2, 0.25) is 0 Å². The third-order valence-electron chi connectivity index (χ3n) is 3.59. The fourth-order valence-electron chi connectivity index (χ4n) is 2.04. The molecule has 148 valence electrons. The van der Waals surface area contributed by atoms with Gasteiger partial charge < -0.3 is 25.4 Å². The van der Waals surface area contributed by atoms with E-state index in [2.05, 4.69) is 16.0 Å². The lowest BCUT2D eigenvalue weighted by atomic mass is 9.95. The maximum atomic E-state index is 12.5. The van der Waals surface area contributed by atoms with Crippen LogP contribution in [0, 0.1) is 5.41 Å². The van der Waals surface area contributed by atoms with Crippen LogP contribution in [0.15, 0.2) is 12.1 Å². The summed E-state index contributed by atoms with van der Waals surface area (Å²) < 4.78 is 10.5. The van der Waals surface area contributed by atoms with Crippen molar-refractivity contribution in [3.05, 3.63) is 17.7 Å². The highest BCUT2D eigenvalue weighted by Gasteiger charge is 2.24. The molecule has 0 aromatic heterocycles. The van der Waals surface area contributed by atoms with E-state index in [0.717, 1.165) is 13.0 Å². The van der Waals surface area contributed by atoms with Crippen molar-refractivity contribution in [3.8, 4) is 11.5 Å². The number of benzene rings is 1. The Balaban J connectivity index is 0.00000625. The Morgan fingerprint density at radius 1 is 1.04 bits per heavy atom. The van der Waals surface area contributed by atoms with Gasteiger partial charge in [0, 0.05) is 18.0 Å². The van der Waals surface area contributed by atoms with Crippen LogP contribution >= 0.6 is 12.4 Å². The van der Waals surface area contributed by atoms with Crippen LogP contribution in [0.3, 0.4) is 0 Å². The summed E-state index contributed by atoms with van der Waals surface area (Å²) >= 11 is 0. The molecule has 0 heterocycles. The minimum absolute atomic E-state index is 0. The number of carbonyl (C=O) groups excluding carboxylic acids is 2. The van der Waals surface area contributed by atoms with Gasteiger partial charge in [0.05, 0.1) is 25.5 Å². The van der Waals surface area contributed by atoms with E-state index in [0.29, 0.717) is 29.3 Å². The summed E-state index contributed by atoms with van der Waals surface area (Å²) in [6.07, 6.45) is 0.805. The molecule has 2 amide bonds. The number of ether oxygens (including phenoxy) is 2. The molecule has 26 heavy (non-hydrogen) atoms. The highest BCUT2D eigenvalue weighted by molar-refractivity contribution is 6.05. The summed E-state index contributed by atoms with van der Waals surface area (Å²) in [5.41, 5.74) is 0.136. The van der Waals surface area contributed by atoms with Gasteiger partial charge in [0.1, 0.15) is 0 Å². The first kappa shape index (κ1) is 24.0. The molecule has 0 atom stereocenters. The number of rotatable bonds is 8. The smallest absolute Gasteiger partial charge is 0.253 e. The fraction of sp³-hybridized carbons (Fsp3) is 0.556. The summed E-state index contributed by atoms with van der Waals surface area (Å²) in [5.74, 6) is 0.403. The molecule has 7 nitrogen and oxygen atoms in total. The van der Waals surface area contributed by atoms with E-state index in [4.69, 9.17) is 9.47 Å². The van der Waals surface area contributed by atoms with Crippen LogP contribution in [0.1, 0.15) is 37.6 Å². The number of anilines is 1. The second-order valence-electron chi connectivity index (χ2n) is 6.67. The maximum absolute atomic E-state index is 12.5. The Morgan fingerprint density at radius 3 is 2.12 bits per heavy atom. The number of halogens is 1.